The molecule has 1 aromatic heterocycles. The van der Waals surface area contributed by atoms with Gasteiger partial charge >= 0.3 is 0 Å². The number of carbonyl (C=O) groups excluding carboxylic acids is 1. The minimum Gasteiger partial charge on any atom is -0.467 e. The molecule has 0 atom stereocenters. The van der Waals surface area contributed by atoms with E-state index in [9.17, 15) is 4.79 Å². The fraction of sp³-hybridized carbons (Fsp3) is 0.214. The molecule has 0 aliphatic rings. The van der Waals surface area contributed by atoms with Crippen molar-refractivity contribution in [1.29, 1.82) is 0 Å². The fourth-order valence-corrected chi connectivity index (χ4v) is 1.52. The molecule has 4 nitrogen and oxygen atoms in total. The van der Waals surface area contributed by atoms with Crippen molar-refractivity contribution >= 4 is 17.3 Å². The maximum absolute atomic E-state index is 11.2. The molecule has 0 aliphatic heterocycles. The van der Waals surface area contributed by atoms with Gasteiger partial charge in [-0.2, -0.15) is 0 Å². The minimum absolute atomic E-state index is 0.0197. The van der Waals surface area contributed by atoms with Gasteiger partial charge < -0.3 is 15.1 Å². The highest BCUT2D eigenvalue weighted by atomic mass is 16.3. The summed E-state index contributed by atoms with van der Waals surface area (Å²) in [6, 6.07) is 11.4. The van der Waals surface area contributed by atoms with E-state index in [4.69, 9.17) is 4.42 Å². The maximum atomic E-state index is 11.2. The van der Waals surface area contributed by atoms with E-state index >= 15 is 0 Å². The highest BCUT2D eigenvalue weighted by Gasteiger charge is 1.99. The number of amides is 1. The second-order valence-corrected chi connectivity index (χ2v) is 3.91. The Morgan fingerprint density at radius 2 is 1.89 bits per heavy atom. The van der Waals surface area contributed by atoms with Crippen molar-refractivity contribution < 1.29 is 9.21 Å². The van der Waals surface area contributed by atoms with Gasteiger partial charge in [-0.25, -0.2) is 0 Å². The van der Waals surface area contributed by atoms with Crippen LogP contribution in [0, 0.1) is 0 Å². The van der Waals surface area contributed by atoms with Gasteiger partial charge in [0, 0.05) is 17.8 Å². The molecule has 0 bridgehead atoms. The lowest BCUT2D eigenvalue weighted by Gasteiger charge is -2.07. The summed E-state index contributed by atoms with van der Waals surface area (Å²) in [5.41, 5.74) is 1.80. The van der Waals surface area contributed by atoms with Gasteiger partial charge in [0.05, 0.1) is 12.8 Å². The third-order valence-electron chi connectivity index (χ3n) is 2.54. The molecule has 18 heavy (non-hydrogen) atoms. The van der Waals surface area contributed by atoms with Gasteiger partial charge in [0.1, 0.15) is 5.76 Å². The molecule has 1 heterocycles. The first-order valence-electron chi connectivity index (χ1n) is 5.94. The summed E-state index contributed by atoms with van der Waals surface area (Å²) in [4.78, 5) is 11.2. The van der Waals surface area contributed by atoms with Gasteiger partial charge in [0.25, 0.3) is 0 Å². The molecule has 1 amide bonds. The summed E-state index contributed by atoms with van der Waals surface area (Å²) < 4.78 is 5.23. The van der Waals surface area contributed by atoms with Crippen LogP contribution in [0.4, 0.5) is 11.4 Å². The van der Waals surface area contributed by atoms with Crippen LogP contribution in [0.25, 0.3) is 0 Å². The van der Waals surface area contributed by atoms with Crippen molar-refractivity contribution in [2.75, 3.05) is 10.6 Å². The van der Waals surface area contributed by atoms with Crippen molar-refractivity contribution in [3.63, 3.8) is 0 Å². The van der Waals surface area contributed by atoms with Crippen LogP contribution < -0.4 is 10.6 Å². The van der Waals surface area contributed by atoms with Crippen molar-refractivity contribution in [3.05, 3.63) is 48.4 Å². The van der Waals surface area contributed by atoms with Gasteiger partial charge in [-0.15, -0.1) is 0 Å². The van der Waals surface area contributed by atoms with Crippen molar-refractivity contribution in [2.24, 2.45) is 0 Å². The van der Waals surface area contributed by atoms with E-state index in [1.807, 2.05) is 43.3 Å². The highest BCUT2D eigenvalue weighted by Crippen LogP contribution is 2.14. The summed E-state index contributed by atoms with van der Waals surface area (Å²) in [5, 5.41) is 6.04. The number of hydrogen-bond acceptors (Lipinski definition) is 3. The summed E-state index contributed by atoms with van der Waals surface area (Å²) in [5.74, 6) is 0.907. The number of benzene rings is 1. The predicted molar refractivity (Wildman–Crippen MR) is 71.4 cm³/mol. The Bertz CT molecular complexity index is 489. The van der Waals surface area contributed by atoms with Gasteiger partial charge in [-0.3, -0.25) is 4.79 Å². The monoisotopic (exact) mass is 244 g/mol. The first-order valence-corrected chi connectivity index (χ1v) is 5.94. The zero-order valence-electron chi connectivity index (χ0n) is 10.3. The Kier molecular flexibility index (Phi) is 4.02. The van der Waals surface area contributed by atoms with E-state index in [2.05, 4.69) is 10.6 Å². The van der Waals surface area contributed by atoms with E-state index in [0.717, 1.165) is 17.1 Å². The van der Waals surface area contributed by atoms with Crippen LogP contribution in [0.1, 0.15) is 19.1 Å². The minimum atomic E-state index is 0.0197. The maximum Gasteiger partial charge on any atom is 0.224 e. The van der Waals surface area contributed by atoms with E-state index in [0.29, 0.717) is 13.0 Å². The Labute approximate surface area is 106 Å². The lowest BCUT2D eigenvalue weighted by atomic mass is 10.2. The molecule has 2 rings (SSSR count). The molecular formula is C14H16N2O2. The lowest BCUT2D eigenvalue weighted by molar-refractivity contribution is -0.115. The van der Waals surface area contributed by atoms with Crippen LogP contribution in [-0.4, -0.2) is 5.91 Å². The average molecular weight is 244 g/mol. The predicted octanol–water partition coefficient (Wildman–Crippen LogP) is 3.24. The Balaban J connectivity index is 1.89. The molecule has 0 fully saturated rings. The standard InChI is InChI=1S/C14H16N2O2/c1-2-14(17)16-12-7-5-11(6-8-12)15-10-13-4-3-9-18-13/h3-9,15H,2,10H2,1H3,(H,16,17). The third kappa shape index (κ3) is 3.38. The van der Waals surface area contributed by atoms with Crippen LogP contribution in [0.5, 0.6) is 0 Å². The Morgan fingerprint density at radius 1 is 1.17 bits per heavy atom. The van der Waals surface area contributed by atoms with Crippen LogP contribution in [0.3, 0.4) is 0 Å². The molecule has 2 aromatic rings. The Morgan fingerprint density at radius 3 is 2.50 bits per heavy atom. The number of rotatable bonds is 5. The fourth-order valence-electron chi connectivity index (χ4n) is 1.52. The molecule has 0 spiro atoms. The van der Waals surface area contributed by atoms with Gasteiger partial charge in [-0.1, -0.05) is 6.92 Å². The highest BCUT2D eigenvalue weighted by molar-refractivity contribution is 5.90. The molecule has 0 aliphatic carbocycles. The van der Waals surface area contributed by atoms with Crippen molar-refractivity contribution in [2.45, 2.75) is 19.9 Å². The van der Waals surface area contributed by atoms with Gasteiger partial charge in [0.2, 0.25) is 5.91 Å². The van der Waals surface area contributed by atoms with Crippen molar-refractivity contribution in [1.82, 2.24) is 0 Å². The molecule has 4 heteroatoms. The largest absolute Gasteiger partial charge is 0.467 e. The number of nitrogens with one attached hydrogen (secondary N) is 2. The SMILES string of the molecule is CCC(=O)Nc1ccc(NCc2ccco2)cc1. The van der Waals surface area contributed by atoms with E-state index < -0.39 is 0 Å². The smallest absolute Gasteiger partial charge is 0.224 e. The number of anilines is 2. The number of furan rings is 1. The summed E-state index contributed by atoms with van der Waals surface area (Å²) in [6.45, 7) is 2.47. The normalized spacial score (nSPS) is 10.1. The van der Waals surface area contributed by atoms with Crippen LogP contribution in [0.2, 0.25) is 0 Å². The van der Waals surface area contributed by atoms with Crippen molar-refractivity contribution in [3.8, 4) is 0 Å². The second kappa shape index (κ2) is 5.91. The summed E-state index contributed by atoms with van der Waals surface area (Å²) >= 11 is 0. The topological polar surface area (TPSA) is 54.3 Å². The van der Waals surface area contributed by atoms with Crippen LogP contribution >= 0.6 is 0 Å². The lowest BCUT2D eigenvalue weighted by Crippen LogP contribution is -2.09. The molecule has 1 aromatic carbocycles. The molecule has 0 radical (unpaired) electrons. The summed E-state index contributed by atoms with van der Waals surface area (Å²) in [7, 11) is 0. The van der Waals surface area contributed by atoms with Gasteiger partial charge in [-0.05, 0) is 36.4 Å². The Hall–Kier alpha value is -2.23. The van der Waals surface area contributed by atoms with Crippen LogP contribution in [0.15, 0.2) is 47.1 Å². The molecular weight excluding hydrogens is 228 g/mol. The van der Waals surface area contributed by atoms with E-state index in [1.54, 1.807) is 6.26 Å². The van der Waals surface area contributed by atoms with E-state index in [1.165, 1.54) is 0 Å². The van der Waals surface area contributed by atoms with Crippen LogP contribution in [-0.2, 0) is 11.3 Å². The number of hydrogen-bond donors (Lipinski definition) is 2. The molecule has 0 unspecified atom stereocenters. The molecule has 94 valence electrons. The second-order valence-electron chi connectivity index (χ2n) is 3.91. The zero-order chi connectivity index (χ0) is 12.8. The first-order chi connectivity index (χ1) is 8.78. The van der Waals surface area contributed by atoms with E-state index in [-0.39, 0.29) is 5.91 Å². The number of carbonyl (C=O) groups is 1. The van der Waals surface area contributed by atoms with Gasteiger partial charge in [0.15, 0.2) is 0 Å². The average Bonchev–Trinajstić information content (AvgIpc) is 2.91. The third-order valence-corrected chi connectivity index (χ3v) is 2.54. The zero-order valence-corrected chi connectivity index (χ0v) is 10.3. The molecule has 2 N–H and O–H groups in total. The first kappa shape index (κ1) is 12.2. The molecule has 0 saturated heterocycles. The quantitative estimate of drug-likeness (QED) is 0.849. The summed E-state index contributed by atoms with van der Waals surface area (Å²) in [6.07, 6.45) is 2.14. The molecule has 0 saturated carbocycles.